The molecule has 1 saturated heterocycles. The lowest BCUT2D eigenvalue weighted by Crippen LogP contribution is -2.40. The third-order valence-electron chi connectivity index (χ3n) is 5.03. The number of aliphatic hydroxyl groups excluding tert-OH is 2. The van der Waals surface area contributed by atoms with Gasteiger partial charge in [0, 0.05) is 13.0 Å². The van der Waals surface area contributed by atoms with E-state index < -0.39 is 48.4 Å². The Morgan fingerprint density at radius 2 is 2.04 bits per heavy atom. The van der Waals surface area contributed by atoms with E-state index in [-0.39, 0.29) is 29.6 Å². The number of nitrogens with one attached hydrogen (secondary N) is 1. The van der Waals surface area contributed by atoms with Crippen LogP contribution in [0.5, 0.6) is 0 Å². The molecule has 0 spiro atoms. The minimum atomic E-state index is -4.95. The van der Waals surface area contributed by atoms with Crippen LogP contribution in [0, 0.1) is 5.92 Å². The van der Waals surface area contributed by atoms with Gasteiger partial charge in [-0.15, -0.1) is 0 Å². The molecule has 10 nitrogen and oxygen atoms in total. The van der Waals surface area contributed by atoms with E-state index in [9.17, 15) is 33.0 Å². The van der Waals surface area contributed by atoms with Crippen LogP contribution in [0.3, 0.4) is 0 Å². The molecule has 0 unspecified atom stereocenters. The van der Waals surface area contributed by atoms with Crippen LogP contribution < -0.4 is 17.0 Å². The highest BCUT2D eigenvalue weighted by atomic mass is 19.4. The summed E-state index contributed by atoms with van der Waals surface area (Å²) in [6.07, 6.45) is -11.4. The van der Waals surface area contributed by atoms with Gasteiger partial charge in [0.25, 0.3) is 5.56 Å². The number of hydrogen-bond donors (Lipinski definition) is 4. The Hall–Kier alpha value is -2.38. The molecule has 0 amide bonds. The van der Waals surface area contributed by atoms with Crippen molar-refractivity contribution in [3.63, 3.8) is 0 Å². The van der Waals surface area contributed by atoms with Gasteiger partial charge < -0.3 is 20.7 Å². The number of nitrogen functional groups attached to an aromatic ring is 1. The molecule has 28 heavy (non-hydrogen) atoms. The highest BCUT2D eigenvalue weighted by molar-refractivity contribution is 5.71. The SMILES string of the molecule is Nc1nc2c(c(=O)[nH]1)n(CC1CC1)c(=O)n2[C@@H]1O[C@H]([C@@H](O)C(F)(F)F)C[C@H]1O. The number of nitrogens with two attached hydrogens (primary N) is 1. The Bertz CT molecular complexity index is 1020. The number of fused-ring (bicyclic) bond motifs is 1. The molecule has 1 aliphatic heterocycles. The summed E-state index contributed by atoms with van der Waals surface area (Å²) >= 11 is 0. The van der Waals surface area contributed by atoms with Crippen molar-refractivity contribution in [3.8, 4) is 0 Å². The fraction of sp³-hybridized carbons (Fsp3) is 0.667. The molecule has 3 heterocycles. The van der Waals surface area contributed by atoms with E-state index in [0.29, 0.717) is 0 Å². The van der Waals surface area contributed by atoms with Gasteiger partial charge >= 0.3 is 11.9 Å². The zero-order valence-corrected chi connectivity index (χ0v) is 14.4. The molecule has 0 aromatic carbocycles. The number of halogens is 3. The van der Waals surface area contributed by atoms with Gasteiger partial charge in [-0.25, -0.2) is 9.36 Å². The van der Waals surface area contributed by atoms with Crippen LogP contribution in [0.2, 0.25) is 0 Å². The van der Waals surface area contributed by atoms with Crippen molar-refractivity contribution in [2.75, 3.05) is 5.73 Å². The molecule has 13 heteroatoms. The lowest BCUT2D eigenvalue weighted by molar-refractivity contribution is -0.237. The number of H-pyrrole nitrogens is 1. The second-order valence-corrected chi connectivity index (χ2v) is 7.18. The fourth-order valence-corrected chi connectivity index (χ4v) is 3.48. The average Bonchev–Trinajstić information content (AvgIpc) is 3.27. The molecule has 4 atom stereocenters. The average molecular weight is 405 g/mol. The van der Waals surface area contributed by atoms with Gasteiger partial charge in [0.1, 0.15) is 6.10 Å². The Balaban J connectivity index is 1.81. The first-order valence-electron chi connectivity index (χ1n) is 8.66. The van der Waals surface area contributed by atoms with Crippen LogP contribution in [-0.2, 0) is 11.3 Å². The monoisotopic (exact) mass is 405 g/mol. The maximum absolute atomic E-state index is 12.9. The second kappa shape index (κ2) is 6.32. The van der Waals surface area contributed by atoms with Crippen LogP contribution in [0.25, 0.3) is 11.2 Å². The lowest BCUT2D eigenvalue weighted by Gasteiger charge is -2.21. The number of aromatic amines is 1. The number of nitrogens with zero attached hydrogens (tertiary/aromatic N) is 3. The normalized spacial score (nSPS) is 26.8. The fourth-order valence-electron chi connectivity index (χ4n) is 3.48. The number of aliphatic hydroxyl groups is 2. The van der Waals surface area contributed by atoms with Gasteiger partial charge in [0.15, 0.2) is 23.5 Å². The predicted octanol–water partition coefficient (Wildman–Crippen LogP) is -0.550. The zero-order chi connectivity index (χ0) is 20.4. The van der Waals surface area contributed by atoms with Crippen LogP contribution in [-0.4, -0.2) is 53.8 Å². The van der Waals surface area contributed by atoms with E-state index in [1.807, 2.05) is 0 Å². The maximum Gasteiger partial charge on any atom is 0.416 e. The molecule has 2 aromatic rings. The molecule has 5 N–H and O–H groups in total. The Morgan fingerprint density at radius 3 is 2.64 bits per heavy atom. The van der Waals surface area contributed by atoms with Gasteiger partial charge in [-0.3, -0.25) is 14.3 Å². The molecule has 2 aliphatic rings. The van der Waals surface area contributed by atoms with Crippen LogP contribution in [0.15, 0.2) is 9.59 Å². The first-order chi connectivity index (χ1) is 13.1. The van der Waals surface area contributed by atoms with Crippen molar-refractivity contribution in [3.05, 3.63) is 20.8 Å². The summed E-state index contributed by atoms with van der Waals surface area (Å²) in [4.78, 5) is 31.5. The summed E-state index contributed by atoms with van der Waals surface area (Å²) in [5, 5.41) is 19.7. The van der Waals surface area contributed by atoms with Crippen molar-refractivity contribution in [1.29, 1.82) is 0 Å². The van der Waals surface area contributed by atoms with Gasteiger partial charge in [0.2, 0.25) is 5.95 Å². The number of imidazole rings is 1. The van der Waals surface area contributed by atoms with E-state index >= 15 is 0 Å². The van der Waals surface area contributed by atoms with Crippen molar-refractivity contribution in [1.82, 2.24) is 19.1 Å². The van der Waals surface area contributed by atoms with Gasteiger partial charge in [0.05, 0.1) is 6.10 Å². The number of aromatic nitrogens is 4. The summed E-state index contributed by atoms with van der Waals surface area (Å²) < 4.78 is 45.6. The quantitative estimate of drug-likeness (QED) is 0.533. The molecule has 1 saturated carbocycles. The Morgan fingerprint density at radius 1 is 1.36 bits per heavy atom. The summed E-state index contributed by atoms with van der Waals surface area (Å²) in [6, 6.07) is 0. The van der Waals surface area contributed by atoms with Crippen molar-refractivity contribution >= 4 is 17.1 Å². The van der Waals surface area contributed by atoms with E-state index in [1.54, 1.807) is 0 Å². The predicted molar refractivity (Wildman–Crippen MR) is 88.3 cm³/mol. The van der Waals surface area contributed by atoms with E-state index in [1.165, 1.54) is 4.57 Å². The molecule has 0 bridgehead atoms. The number of anilines is 1. The van der Waals surface area contributed by atoms with Gasteiger partial charge in [-0.1, -0.05) is 0 Å². The smallest absolute Gasteiger partial charge is 0.388 e. The van der Waals surface area contributed by atoms with Crippen LogP contribution >= 0.6 is 0 Å². The number of hydrogen-bond acceptors (Lipinski definition) is 7. The highest BCUT2D eigenvalue weighted by Crippen LogP contribution is 2.36. The van der Waals surface area contributed by atoms with E-state index in [4.69, 9.17) is 10.5 Å². The first-order valence-corrected chi connectivity index (χ1v) is 8.66. The molecular weight excluding hydrogens is 387 g/mol. The van der Waals surface area contributed by atoms with Gasteiger partial charge in [-0.2, -0.15) is 18.2 Å². The van der Waals surface area contributed by atoms with E-state index in [0.717, 1.165) is 17.4 Å². The Kier molecular flexibility index (Phi) is 4.28. The summed E-state index contributed by atoms with van der Waals surface area (Å²) in [5.41, 5.74) is 3.82. The van der Waals surface area contributed by atoms with E-state index in [2.05, 4.69) is 9.97 Å². The zero-order valence-electron chi connectivity index (χ0n) is 14.4. The van der Waals surface area contributed by atoms with Crippen molar-refractivity contribution in [2.45, 2.75) is 56.5 Å². The topological polar surface area (TPSA) is 148 Å². The third kappa shape index (κ3) is 3.08. The second-order valence-electron chi connectivity index (χ2n) is 7.18. The number of ether oxygens (including phenoxy) is 1. The first kappa shape index (κ1) is 19.0. The minimum Gasteiger partial charge on any atom is -0.388 e. The van der Waals surface area contributed by atoms with Gasteiger partial charge in [-0.05, 0) is 18.8 Å². The number of rotatable bonds is 4. The molecule has 154 valence electrons. The molecule has 2 fully saturated rings. The minimum absolute atomic E-state index is 0.0956. The summed E-state index contributed by atoms with van der Waals surface area (Å²) in [5.74, 6) is -0.0999. The molecule has 0 radical (unpaired) electrons. The highest BCUT2D eigenvalue weighted by Gasteiger charge is 2.50. The van der Waals surface area contributed by atoms with Crippen LogP contribution in [0.4, 0.5) is 19.1 Å². The Labute approximate surface area is 154 Å². The molecular formula is C15H18F3N5O5. The standard InChI is InChI=1S/C15H18F3N5O5/c16-15(17,18)9(25)7-3-6(24)12(28-7)23-10-8(11(26)21-13(19)20-10)22(14(23)27)4-5-1-2-5/h5-7,9,12,24-25H,1-4H2,(H3,19,20,21,26)/t6-,7+,9-,12-/m1/s1. The molecule has 4 rings (SSSR count). The maximum atomic E-state index is 12.9. The molecule has 1 aliphatic carbocycles. The third-order valence-corrected chi connectivity index (χ3v) is 5.03. The molecule has 2 aromatic heterocycles. The van der Waals surface area contributed by atoms with Crippen molar-refractivity contribution < 1.29 is 28.1 Å². The van der Waals surface area contributed by atoms with Crippen molar-refractivity contribution in [2.24, 2.45) is 5.92 Å². The summed E-state index contributed by atoms with van der Waals surface area (Å²) in [6.45, 7) is 0.231. The summed E-state index contributed by atoms with van der Waals surface area (Å²) in [7, 11) is 0. The lowest BCUT2D eigenvalue weighted by atomic mass is 10.1. The largest absolute Gasteiger partial charge is 0.416 e. The number of alkyl halides is 3. The van der Waals surface area contributed by atoms with Crippen LogP contribution in [0.1, 0.15) is 25.5 Å².